The molecule has 1 fully saturated rings. The molecule has 1 heterocycles. The van der Waals surface area contributed by atoms with Crippen molar-refractivity contribution in [2.45, 2.75) is 51.2 Å². The molecule has 0 N–H and O–H groups in total. The highest BCUT2D eigenvalue weighted by molar-refractivity contribution is 7.15. The normalized spacial score (nSPS) is 24.5. The van der Waals surface area contributed by atoms with Crippen LogP contribution in [0.2, 0.25) is 0 Å². The maximum Gasteiger partial charge on any atom is 0.391 e. The van der Waals surface area contributed by atoms with Crippen molar-refractivity contribution >= 4 is 16.5 Å². The molecule has 1 saturated carbocycles. The highest BCUT2D eigenvalue weighted by atomic mass is 32.1. The Morgan fingerprint density at radius 1 is 1.21 bits per heavy atom. The highest BCUT2D eigenvalue weighted by Crippen LogP contribution is 2.39. The van der Waals surface area contributed by atoms with E-state index in [-0.39, 0.29) is 18.9 Å². The van der Waals surface area contributed by atoms with Crippen molar-refractivity contribution in [2.75, 3.05) is 11.9 Å². The Bertz CT molecular complexity index is 411. The van der Waals surface area contributed by atoms with Crippen molar-refractivity contribution in [1.82, 2.24) is 10.2 Å². The van der Waals surface area contributed by atoms with Gasteiger partial charge in [0.2, 0.25) is 5.13 Å². The molecule has 0 spiro atoms. The lowest BCUT2D eigenvalue weighted by molar-refractivity contribution is -0.182. The van der Waals surface area contributed by atoms with Crippen LogP contribution in [0, 0.1) is 5.92 Å². The Morgan fingerprint density at radius 2 is 1.84 bits per heavy atom. The van der Waals surface area contributed by atoms with Gasteiger partial charge in [-0.05, 0) is 32.1 Å². The molecule has 108 valence electrons. The predicted molar refractivity (Wildman–Crippen MR) is 69.5 cm³/mol. The van der Waals surface area contributed by atoms with E-state index in [1.807, 2.05) is 18.9 Å². The van der Waals surface area contributed by atoms with Crippen molar-refractivity contribution in [1.29, 1.82) is 0 Å². The van der Waals surface area contributed by atoms with E-state index in [4.69, 9.17) is 0 Å². The summed E-state index contributed by atoms with van der Waals surface area (Å²) >= 11 is 1.52. The summed E-state index contributed by atoms with van der Waals surface area (Å²) in [5.41, 5.74) is 0. The molecular formula is C12H18F3N3S. The second kappa shape index (κ2) is 5.64. The SMILES string of the molecule is CCc1nnc(N(C)C2CCC(C(F)(F)F)CC2)s1. The maximum absolute atomic E-state index is 12.6. The Morgan fingerprint density at radius 3 is 2.32 bits per heavy atom. The zero-order valence-corrected chi connectivity index (χ0v) is 11.9. The van der Waals surface area contributed by atoms with Gasteiger partial charge in [-0.25, -0.2) is 0 Å². The second-order valence-corrected chi connectivity index (χ2v) is 6.03. The summed E-state index contributed by atoms with van der Waals surface area (Å²) in [7, 11) is 1.90. The fraction of sp³-hybridized carbons (Fsp3) is 0.833. The first kappa shape index (κ1) is 14.6. The number of hydrogen-bond acceptors (Lipinski definition) is 4. The Kier molecular flexibility index (Phi) is 4.32. The van der Waals surface area contributed by atoms with Crippen LogP contribution in [-0.4, -0.2) is 29.5 Å². The molecule has 1 aromatic heterocycles. The van der Waals surface area contributed by atoms with Gasteiger partial charge in [0.15, 0.2) is 0 Å². The zero-order valence-electron chi connectivity index (χ0n) is 11.1. The maximum atomic E-state index is 12.6. The average molecular weight is 293 g/mol. The number of nitrogens with zero attached hydrogens (tertiary/aromatic N) is 3. The number of aryl methyl sites for hydroxylation is 1. The largest absolute Gasteiger partial charge is 0.391 e. The van der Waals surface area contributed by atoms with Gasteiger partial charge in [-0.15, -0.1) is 10.2 Å². The van der Waals surface area contributed by atoms with Crippen molar-refractivity contribution in [3.8, 4) is 0 Å². The summed E-state index contributed by atoms with van der Waals surface area (Å²) in [5, 5.41) is 9.93. The van der Waals surface area contributed by atoms with Crippen LogP contribution >= 0.6 is 11.3 Å². The molecule has 0 saturated heterocycles. The van der Waals surface area contributed by atoms with E-state index in [9.17, 15) is 13.2 Å². The standard InChI is InChI=1S/C12H18F3N3S/c1-3-10-16-17-11(19-10)18(2)9-6-4-8(5-7-9)12(13,14)15/h8-9H,3-7H2,1-2H3. The van der Waals surface area contributed by atoms with Gasteiger partial charge in [0, 0.05) is 13.1 Å². The summed E-state index contributed by atoms with van der Waals surface area (Å²) in [6.07, 6.45) is -1.62. The first-order chi connectivity index (χ1) is 8.91. The molecule has 3 nitrogen and oxygen atoms in total. The molecule has 1 aromatic rings. The van der Waals surface area contributed by atoms with E-state index >= 15 is 0 Å². The van der Waals surface area contributed by atoms with E-state index in [2.05, 4.69) is 10.2 Å². The molecule has 1 aliphatic rings. The Hall–Kier alpha value is -0.850. The summed E-state index contributed by atoms with van der Waals surface area (Å²) < 4.78 is 37.8. The van der Waals surface area contributed by atoms with Crippen LogP contribution < -0.4 is 4.90 Å². The minimum Gasteiger partial charge on any atom is -0.347 e. The third-order valence-electron chi connectivity index (χ3n) is 3.77. The smallest absolute Gasteiger partial charge is 0.347 e. The van der Waals surface area contributed by atoms with Gasteiger partial charge >= 0.3 is 6.18 Å². The van der Waals surface area contributed by atoms with Gasteiger partial charge in [0.1, 0.15) is 5.01 Å². The average Bonchev–Trinajstić information content (AvgIpc) is 2.86. The first-order valence-corrected chi connectivity index (χ1v) is 7.35. The van der Waals surface area contributed by atoms with Gasteiger partial charge in [-0.2, -0.15) is 13.2 Å². The molecule has 0 unspecified atom stereocenters. The zero-order chi connectivity index (χ0) is 14.0. The number of rotatable bonds is 3. The first-order valence-electron chi connectivity index (χ1n) is 6.53. The van der Waals surface area contributed by atoms with Crippen LogP contribution in [0.4, 0.5) is 18.3 Å². The van der Waals surface area contributed by atoms with E-state index in [0.29, 0.717) is 12.8 Å². The van der Waals surface area contributed by atoms with Gasteiger partial charge < -0.3 is 4.90 Å². The number of alkyl halides is 3. The topological polar surface area (TPSA) is 29.0 Å². The fourth-order valence-electron chi connectivity index (χ4n) is 2.48. The van der Waals surface area contributed by atoms with Gasteiger partial charge in [-0.3, -0.25) is 0 Å². The van der Waals surface area contributed by atoms with Gasteiger partial charge in [0.05, 0.1) is 5.92 Å². The molecule has 0 aromatic carbocycles. The molecular weight excluding hydrogens is 275 g/mol. The summed E-state index contributed by atoms with van der Waals surface area (Å²) in [4.78, 5) is 1.99. The Labute approximate surface area is 114 Å². The Balaban J connectivity index is 1.94. The number of aromatic nitrogens is 2. The summed E-state index contributed by atoms with van der Waals surface area (Å²) in [6, 6.07) is 0.149. The second-order valence-electron chi connectivity index (χ2n) is 4.99. The van der Waals surface area contributed by atoms with Gasteiger partial charge in [-0.1, -0.05) is 18.3 Å². The summed E-state index contributed by atoms with van der Waals surface area (Å²) in [6.45, 7) is 2.01. The van der Waals surface area contributed by atoms with E-state index in [1.165, 1.54) is 11.3 Å². The van der Waals surface area contributed by atoms with Gasteiger partial charge in [0.25, 0.3) is 0 Å². The molecule has 7 heteroatoms. The van der Waals surface area contributed by atoms with Crippen molar-refractivity contribution in [2.24, 2.45) is 5.92 Å². The van der Waals surface area contributed by atoms with Crippen molar-refractivity contribution in [3.63, 3.8) is 0 Å². The fourth-order valence-corrected chi connectivity index (χ4v) is 3.29. The minimum atomic E-state index is -4.04. The molecule has 0 atom stereocenters. The lowest BCUT2D eigenvalue weighted by Crippen LogP contribution is -2.38. The van der Waals surface area contributed by atoms with Crippen LogP contribution in [-0.2, 0) is 6.42 Å². The van der Waals surface area contributed by atoms with E-state index in [0.717, 1.165) is 16.6 Å². The highest BCUT2D eigenvalue weighted by Gasteiger charge is 2.42. The quantitative estimate of drug-likeness (QED) is 0.851. The molecule has 2 rings (SSSR count). The van der Waals surface area contributed by atoms with Crippen molar-refractivity contribution < 1.29 is 13.2 Å². The van der Waals surface area contributed by atoms with Crippen LogP contribution in [0.3, 0.4) is 0 Å². The lowest BCUT2D eigenvalue weighted by Gasteiger charge is -2.34. The van der Waals surface area contributed by atoms with Crippen LogP contribution in [0.25, 0.3) is 0 Å². The number of hydrogen-bond donors (Lipinski definition) is 0. The third kappa shape index (κ3) is 3.38. The van der Waals surface area contributed by atoms with Crippen LogP contribution in [0.1, 0.15) is 37.6 Å². The van der Waals surface area contributed by atoms with Crippen LogP contribution in [0.15, 0.2) is 0 Å². The molecule has 19 heavy (non-hydrogen) atoms. The van der Waals surface area contributed by atoms with E-state index in [1.54, 1.807) is 0 Å². The summed E-state index contributed by atoms with van der Waals surface area (Å²) in [5.74, 6) is -1.13. The van der Waals surface area contributed by atoms with E-state index < -0.39 is 12.1 Å². The minimum absolute atomic E-state index is 0.149. The predicted octanol–water partition coefficient (Wildman–Crippen LogP) is 3.66. The molecule has 1 aliphatic carbocycles. The molecule has 0 amide bonds. The molecule has 0 bridgehead atoms. The monoisotopic (exact) mass is 293 g/mol. The van der Waals surface area contributed by atoms with Crippen molar-refractivity contribution in [3.05, 3.63) is 5.01 Å². The lowest BCUT2D eigenvalue weighted by atomic mass is 9.85. The number of anilines is 1. The number of halogens is 3. The molecule has 0 aliphatic heterocycles. The van der Waals surface area contributed by atoms with Crippen LogP contribution in [0.5, 0.6) is 0 Å². The third-order valence-corrected chi connectivity index (χ3v) is 4.93. The molecule has 0 radical (unpaired) electrons.